The third-order valence-corrected chi connectivity index (χ3v) is 5.20. The molecule has 0 unspecified atom stereocenters. The highest BCUT2D eigenvalue weighted by atomic mass is 35.5. The highest BCUT2D eigenvalue weighted by molar-refractivity contribution is 6.40. The maximum atomic E-state index is 12.3. The molecule has 0 fully saturated rings. The van der Waals surface area contributed by atoms with E-state index >= 15 is 0 Å². The molecule has 1 amide bonds. The van der Waals surface area contributed by atoms with Crippen LogP contribution in [0.15, 0.2) is 46.1 Å². The van der Waals surface area contributed by atoms with E-state index in [2.05, 4.69) is 15.6 Å². The summed E-state index contributed by atoms with van der Waals surface area (Å²) in [5, 5.41) is 10.3. The van der Waals surface area contributed by atoms with Gasteiger partial charge in [0, 0.05) is 5.56 Å². The summed E-state index contributed by atoms with van der Waals surface area (Å²) in [6, 6.07) is 9.36. The second kappa shape index (κ2) is 10.1. The number of benzene rings is 2. The number of nitrogens with zero attached hydrogens (tertiary/aromatic N) is 2. The van der Waals surface area contributed by atoms with E-state index in [0.29, 0.717) is 0 Å². The first-order chi connectivity index (χ1) is 15.2. The van der Waals surface area contributed by atoms with Crippen LogP contribution in [0.25, 0.3) is 11.3 Å². The molecule has 0 bridgehead atoms. The molecule has 9 nitrogen and oxygen atoms in total. The van der Waals surface area contributed by atoms with Crippen molar-refractivity contribution in [3.63, 3.8) is 0 Å². The molecule has 0 aliphatic carbocycles. The van der Waals surface area contributed by atoms with Gasteiger partial charge in [-0.1, -0.05) is 68.8 Å². The zero-order chi connectivity index (χ0) is 23.4. The number of hydrogen-bond donors (Lipinski definition) is 2. The lowest BCUT2D eigenvalue weighted by atomic mass is 10.1. The molecular formula is C19H12Cl4N4O5. The third kappa shape index (κ3) is 4.91. The van der Waals surface area contributed by atoms with Gasteiger partial charge >= 0.3 is 12.1 Å². The zero-order valence-electron chi connectivity index (χ0n) is 16.0. The Bertz CT molecular complexity index is 1190. The summed E-state index contributed by atoms with van der Waals surface area (Å²) in [5.41, 5.74) is 5.88. The molecule has 3 aromatic rings. The van der Waals surface area contributed by atoms with Gasteiger partial charge in [0.2, 0.25) is 5.88 Å². The number of amides is 1. The number of amidine groups is 1. The van der Waals surface area contributed by atoms with E-state index in [9.17, 15) is 9.59 Å². The molecule has 1 aromatic heterocycles. The van der Waals surface area contributed by atoms with Gasteiger partial charge in [0.15, 0.2) is 11.4 Å². The quantitative estimate of drug-likeness (QED) is 0.148. The van der Waals surface area contributed by atoms with Crippen LogP contribution in [0.3, 0.4) is 0 Å². The fourth-order valence-electron chi connectivity index (χ4n) is 2.56. The molecule has 166 valence electrons. The highest BCUT2D eigenvalue weighted by Gasteiger charge is 2.29. The fraction of sp³-hybridized carbons (Fsp3) is 0.0526. The summed E-state index contributed by atoms with van der Waals surface area (Å²) in [5.74, 6) is -1.53. The first-order valence-electron chi connectivity index (χ1n) is 8.52. The average molecular weight is 518 g/mol. The van der Waals surface area contributed by atoms with Crippen molar-refractivity contribution in [3.05, 3.63) is 67.6 Å². The molecule has 32 heavy (non-hydrogen) atoms. The lowest BCUT2D eigenvalue weighted by Crippen LogP contribution is -2.19. The number of esters is 1. The molecule has 0 atom stereocenters. The van der Waals surface area contributed by atoms with Crippen LogP contribution in [-0.2, 0) is 9.57 Å². The fourth-order valence-corrected chi connectivity index (χ4v) is 3.72. The van der Waals surface area contributed by atoms with Crippen molar-refractivity contribution in [1.82, 2.24) is 5.16 Å². The Morgan fingerprint density at radius 3 is 2.12 bits per heavy atom. The summed E-state index contributed by atoms with van der Waals surface area (Å²) in [7, 11) is 1.13. The minimum Gasteiger partial charge on any atom is -0.465 e. The van der Waals surface area contributed by atoms with Crippen LogP contribution in [0.1, 0.15) is 15.9 Å². The van der Waals surface area contributed by atoms with Gasteiger partial charge < -0.3 is 15.0 Å². The molecule has 0 aliphatic rings. The molecule has 0 saturated heterocycles. The Morgan fingerprint density at radius 2 is 1.56 bits per heavy atom. The predicted molar refractivity (Wildman–Crippen MR) is 121 cm³/mol. The van der Waals surface area contributed by atoms with Gasteiger partial charge in [0.05, 0.1) is 32.8 Å². The number of hydrogen-bond acceptors (Lipinski definition) is 7. The maximum absolute atomic E-state index is 12.3. The van der Waals surface area contributed by atoms with Crippen molar-refractivity contribution in [2.45, 2.75) is 0 Å². The Labute approximate surface area is 200 Å². The van der Waals surface area contributed by atoms with Gasteiger partial charge in [-0.05, 0) is 24.3 Å². The van der Waals surface area contributed by atoms with Crippen LogP contribution in [0.4, 0.5) is 10.7 Å². The molecule has 3 rings (SSSR count). The number of aromatic nitrogens is 1. The maximum Gasteiger partial charge on any atom is 0.440 e. The molecule has 13 heteroatoms. The smallest absolute Gasteiger partial charge is 0.440 e. The zero-order valence-corrected chi connectivity index (χ0v) is 19.0. The largest absolute Gasteiger partial charge is 0.465 e. The van der Waals surface area contributed by atoms with Gasteiger partial charge in [0.1, 0.15) is 5.69 Å². The van der Waals surface area contributed by atoms with Crippen molar-refractivity contribution >= 4 is 70.2 Å². The van der Waals surface area contributed by atoms with Crippen molar-refractivity contribution in [2.24, 2.45) is 10.9 Å². The Kier molecular flexibility index (Phi) is 7.47. The van der Waals surface area contributed by atoms with Gasteiger partial charge in [-0.3, -0.25) is 10.2 Å². The number of nitrogens with one attached hydrogen (secondary N) is 1. The minimum absolute atomic E-state index is 0.0476. The molecule has 0 saturated carbocycles. The van der Waals surface area contributed by atoms with Crippen LogP contribution in [-0.4, -0.2) is 30.2 Å². The first-order valence-corrected chi connectivity index (χ1v) is 10.0. The molecule has 0 spiro atoms. The van der Waals surface area contributed by atoms with Crippen molar-refractivity contribution in [1.29, 1.82) is 0 Å². The summed E-state index contributed by atoms with van der Waals surface area (Å²) >= 11 is 24.4. The summed E-state index contributed by atoms with van der Waals surface area (Å²) < 4.78 is 9.83. The van der Waals surface area contributed by atoms with Crippen molar-refractivity contribution < 1.29 is 23.7 Å². The number of ether oxygens (including phenoxy) is 1. The highest BCUT2D eigenvalue weighted by Crippen LogP contribution is 2.38. The normalized spacial score (nSPS) is 11.2. The summed E-state index contributed by atoms with van der Waals surface area (Å²) in [4.78, 5) is 29.3. The minimum atomic E-state index is -1.16. The molecular weight excluding hydrogens is 506 g/mol. The summed E-state index contributed by atoms with van der Waals surface area (Å²) in [6.45, 7) is 0. The van der Waals surface area contributed by atoms with E-state index in [0.717, 1.165) is 7.11 Å². The van der Waals surface area contributed by atoms with Crippen molar-refractivity contribution in [3.8, 4) is 11.3 Å². The number of halogens is 4. The first kappa shape index (κ1) is 23.7. The lowest BCUT2D eigenvalue weighted by Gasteiger charge is -2.07. The molecule has 1 heterocycles. The second-order valence-corrected chi connectivity index (χ2v) is 7.53. The Hall–Kier alpha value is -2.98. The predicted octanol–water partition coefficient (Wildman–Crippen LogP) is 5.61. The van der Waals surface area contributed by atoms with Crippen LogP contribution in [0, 0.1) is 0 Å². The third-order valence-electron chi connectivity index (χ3n) is 3.94. The van der Waals surface area contributed by atoms with Crippen LogP contribution >= 0.6 is 46.4 Å². The van der Waals surface area contributed by atoms with E-state index in [4.69, 9.17) is 66.2 Å². The van der Waals surface area contributed by atoms with E-state index < -0.39 is 17.9 Å². The number of carbonyl (C=O) groups is 2. The van der Waals surface area contributed by atoms with Gasteiger partial charge in [-0.2, -0.15) is 0 Å². The van der Waals surface area contributed by atoms with Crippen LogP contribution in [0.5, 0.6) is 0 Å². The van der Waals surface area contributed by atoms with E-state index in [1.165, 1.54) is 24.3 Å². The lowest BCUT2D eigenvalue weighted by molar-refractivity contribution is 0.0602. The number of nitrogens with two attached hydrogens (primary N) is 1. The van der Waals surface area contributed by atoms with E-state index in [1.807, 2.05) is 0 Å². The number of carbonyl (C=O) groups excluding carboxylic acids is 2. The topological polar surface area (TPSA) is 129 Å². The molecule has 2 aromatic carbocycles. The molecule has 0 radical (unpaired) electrons. The Balaban J connectivity index is 1.88. The summed E-state index contributed by atoms with van der Waals surface area (Å²) in [6.07, 6.45) is -1.16. The van der Waals surface area contributed by atoms with Crippen LogP contribution < -0.4 is 11.1 Å². The standard InChI is InChI=1S/C19H12Cl4N4O5/c1-30-18(28)14-15(12-8(20)4-2-5-9(12)21)26-31-17(14)25-19(29)32-27-16(24)13-10(22)6-3-7-11(13)23/h2-7H,1H3,(H2,24,27)(H,25,29). The second-order valence-electron chi connectivity index (χ2n) is 5.90. The molecule has 3 N–H and O–H groups in total. The SMILES string of the molecule is COC(=O)c1c(-c2c(Cl)cccc2Cl)noc1NC(=O)ON=C(N)c1c(Cl)cccc1Cl. The van der Waals surface area contributed by atoms with E-state index in [-0.39, 0.29) is 48.3 Å². The van der Waals surface area contributed by atoms with Gasteiger partial charge in [0.25, 0.3) is 0 Å². The van der Waals surface area contributed by atoms with E-state index in [1.54, 1.807) is 12.1 Å². The Morgan fingerprint density at radius 1 is 1.00 bits per heavy atom. The van der Waals surface area contributed by atoms with Crippen molar-refractivity contribution in [2.75, 3.05) is 12.4 Å². The number of methoxy groups -OCH3 is 1. The molecule has 0 aliphatic heterocycles. The van der Waals surface area contributed by atoms with Gasteiger partial charge in [-0.15, -0.1) is 0 Å². The average Bonchev–Trinajstić information content (AvgIpc) is 3.14. The number of oxime groups is 1. The van der Waals surface area contributed by atoms with Gasteiger partial charge in [-0.25, -0.2) is 9.59 Å². The number of anilines is 1. The van der Waals surface area contributed by atoms with Crippen LogP contribution in [0.2, 0.25) is 20.1 Å². The monoisotopic (exact) mass is 516 g/mol. The number of rotatable bonds is 5.